The highest BCUT2D eigenvalue weighted by molar-refractivity contribution is 7.99. The quantitative estimate of drug-likeness (QED) is 0.252. The molecule has 3 rings (SSSR count). The lowest BCUT2D eigenvalue weighted by Gasteiger charge is -2.32. The number of ketones is 1. The molecule has 1 heterocycles. The third kappa shape index (κ3) is 7.40. The van der Waals surface area contributed by atoms with Crippen molar-refractivity contribution in [3.63, 3.8) is 0 Å². The molecule has 0 bridgehead atoms. The summed E-state index contributed by atoms with van der Waals surface area (Å²) in [4.78, 5) is 18.6. The molecule has 2 fully saturated rings. The van der Waals surface area contributed by atoms with Gasteiger partial charge in [-0.1, -0.05) is 18.5 Å². The molecule has 7 heteroatoms. The van der Waals surface area contributed by atoms with Gasteiger partial charge in [0.05, 0.1) is 23.5 Å². The molecule has 2 aliphatic carbocycles. The zero-order valence-corrected chi connectivity index (χ0v) is 20.6. The van der Waals surface area contributed by atoms with Crippen molar-refractivity contribution in [2.24, 2.45) is 17.0 Å². The highest BCUT2D eigenvalue weighted by Gasteiger charge is 2.35. The molecule has 0 radical (unpaired) electrons. The van der Waals surface area contributed by atoms with E-state index in [1.54, 1.807) is 0 Å². The second kappa shape index (κ2) is 12.5. The summed E-state index contributed by atoms with van der Waals surface area (Å²) in [6.07, 6.45) is 9.02. The standard InChI is InChI=1S/C24H38ClNO4S/c1-3-5-21(26-29-14-16(2)30-20-9-7-19(25)8-10-20)24-22(27)12-18(13-23(24)28)17-6-4-11-31-15-17/h16-20,27H,3-15H2,1-2H3/b26-21+. The Bertz CT molecular complexity index is 654. The molecule has 176 valence electrons. The predicted molar refractivity (Wildman–Crippen MR) is 128 cm³/mol. The van der Waals surface area contributed by atoms with Crippen LogP contribution >= 0.6 is 23.4 Å². The van der Waals surface area contributed by atoms with Crippen LogP contribution in [-0.4, -0.2) is 52.3 Å². The maximum absolute atomic E-state index is 13.0. The molecule has 0 spiro atoms. The van der Waals surface area contributed by atoms with Crippen LogP contribution in [-0.2, 0) is 14.4 Å². The summed E-state index contributed by atoms with van der Waals surface area (Å²) in [5.74, 6) is 3.32. The van der Waals surface area contributed by atoms with Crippen molar-refractivity contribution in [3.05, 3.63) is 11.3 Å². The van der Waals surface area contributed by atoms with Crippen LogP contribution < -0.4 is 0 Å². The van der Waals surface area contributed by atoms with Crippen molar-refractivity contribution in [2.75, 3.05) is 18.1 Å². The number of halogens is 1. The Hall–Kier alpha value is -0.720. The Morgan fingerprint density at radius 3 is 2.65 bits per heavy atom. The molecule has 1 N–H and O–H groups in total. The Labute approximate surface area is 196 Å². The monoisotopic (exact) mass is 471 g/mol. The summed E-state index contributed by atoms with van der Waals surface area (Å²) in [6.45, 7) is 4.36. The number of ether oxygens (including phenoxy) is 1. The van der Waals surface area contributed by atoms with E-state index in [1.807, 2.05) is 25.6 Å². The van der Waals surface area contributed by atoms with Crippen molar-refractivity contribution in [1.82, 2.24) is 0 Å². The van der Waals surface area contributed by atoms with Crippen LogP contribution in [0.4, 0.5) is 0 Å². The lowest BCUT2D eigenvalue weighted by Crippen LogP contribution is -2.31. The maximum atomic E-state index is 13.0. The first kappa shape index (κ1) is 24.9. The molecule has 0 amide bonds. The zero-order valence-electron chi connectivity index (χ0n) is 19.0. The Balaban J connectivity index is 1.56. The van der Waals surface area contributed by atoms with Crippen LogP contribution in [0.1, 0.15) is 78.1 Å². The molecule has 1 saturated heterocycles. The summed E-state index contributed by atoms with van der Waals surface area (Å²) < 4.78 is 6.07. The first-order valence-corrected chi connectivity index (χ1v) is 13.6. The molecule has 31 heavy (non-hydrogen) atoms. The average Bonchev–Trinajstić information content (AvgIpc) is 2.75. The van der Waals surface area contributed by atoms with Gasteiger partial charge in [-0.3, -0.25) is 4.79 Å². The summed E-state index contributed by atoms with van der Waals surface area (Å²) in [5.41, 5.74) is 0.979. The third-order valence-electron chi connectivity index (χ3n) is 6.62. The number of Topliss-reactive ketones (excluding diaryl/α,β-unsaturated/α-hetero) is 1. The molecule has 0 aromatic carbocycles. The van der Waals surface area contributed by atoms with Gasteiger partial charge in [-0.2, -0.15) is 11.8 Å². The van der Waals surface area contributed by atoms with Gasteiger partial charge in [-0.15, -0.1) is 11.6 Å². The summed E-state index contributed by atoms with van der Waals surface area (Å²) in [6, 6.07) is 0. The smallest absolute Gasteiger partial charge is 0.168 e. The van der Waals surface area contributed by atoms with Crippen LogP contribution in [0.3, 0.4) is 0 Å². The predicted octanol–water partition coefficient (Wildman–Crippen LogP) is 6.05. The summed E-state index contributed by atoms with van der Waals surface area (Å²) in [5, 5.41) is 15.3. The zero-order chi connectivity index (χ0) is 22.2. The van der Waals surface area contributed by atoms with E-state index in [4.69, 9.17) is 21.2 Å². The fourth-order valence-electron chi connectivity index (χ4n) is 4.92. The van der Waals surface area contributed by atoms with Crippen LogP contribution in [0.5, 0.6) is 0 Å². The van der Waals surface area contributed by atoms with E-state index in [0.717, 1.165) is 44.3 Å². The second-order valence-electron chi connectivity index (χ2n) is 9.29. The first-order chi connectivity index (χ1) is 15.0. The van der Waals surface area contributed by atoms with Crippen molar-refractivity contribution >= 4 is 34.9 Å². The van der Waals surface area contributed by atoms with Crippen LogP contribution in [0.15, 0.2) is 16.5 Å². The minimum atomic E-state index is -0.0821. The average molecular weight is 472 g/mol. The summed E-state index contributed by atoms with van der Waals surface area (Å²) in [7, 11) is 0. The van der Waals surface area contributed by atoms with Gasteiger partial charge >= 0.3 is 0 Å². The molecule has 1 aliphatic heterocycles. The Kier molecular flexibility index (Phi) is 10.0. The number of aliphatic hydroxyl groups excluding tert-OH is 1. The van der Waals surface area contributed by atoms with Gasteiger partial charge in [0.25, 0.3) is 0 Å². The van der Waals surface area contributed by atoms with Gasteiger partial charge in [0.1, 0.15) is 12.4 Å². The number of oxime groups is 1. The topological polar surface area (TPSA) is 68.1 Å². The number of nitrogens with zero attached hydrogens (tertiary/aromatic N) is 1. The van der Waals surface area contributed by atoms with E-state index in [9.17, 15) is 9.90 Å². The summed E-state index contributed by atoms with van der Waals surface area (Å²) >= 11 is 8.14. The number of carbonyl (C=O) groups is 1. The lowest BCUT2D eigenvalue weighted by atomic mass is 9.76. The van der Waals surface area contributed by atoms with Crippen molar-refractivity contribution in [1.29, 1.82) is 0 Å². The number of aliphatic hydroxyl groups is 1. The van der Waals surface area contributed by atoms with E-state index in [-0.39, 0.29) is 35.0 Å². The van der Waals surface area contributed by atoms with Crippen molar-refractivity contribution in [2.45, 2.75) is 95.6 Å². The SMILES string of the molecule is CCC/C(=N\OCC(C)OC1CCC(Cl)CC1)C1=C(O)CC(C2CCCSC2)CC1=O. The molecule has 3 aliphatic rings. The minimum Gasteiger partial charge on any atom is -0.511 e. The van der Waals surface area contributed by atoms with E-state index >= 15 is 0 Å². The van der Waals surface area contributed by atoms with Crippen molar-refractivity contribution in [3.8, 4) is 0 Å². The number of hydrogen-bond acceptors (Lipinski definition) is 6. The number of rotatable bonds is 9. The molecule has 0 aromatic rings. The molecule has 3 atom stereocenters. The highest BCUT2D eigenvalue weighted by atomic mass is 35.5. The van der Waals surface area contributed by atoms with Gasteiger partial charge in [-0.05, 0) is 75.2 Å². The van der Waals surface area contributed by atoms with Crippen LogP contribution in [0.2, 0.25) is 0 Å². The molecule has 5 nitrogen and oxygen atoms in total. The van der Waals surface area contributed by atoms with E-state index in [1.165, 1.54) is 12.2 Å². The maximum Gasteiger partial charge on any atom is 0.168 e. The molecular formula is C24H38ClNO4S. The fraction of sp³-hybridized carbons (Fsp3) is 0.833. The number of alkyl halides is 1. The Morgan fingerprint density at radius 1 is 1.23 bits per heavy atom. The van der Waals surface area contributed by atoms with Gasteiger partial charge in [0.15, 0.2) is 5.78 Å². The minimum absolute atomic E-state index is 0.0160. The van der Waals surface area contributed by atoms with Gasteiger partial charge in [-0.25, -0.2) is 0 Å². The van der Waals surface area contributed by atoms with E-state index in [2.05, 4.69) is 5.16 Å². The molecule has 3 unspecified atom stereocenters. The lowest BCUT2D eigenvalue weighted by molar-refractivity contribution is -0.117. The number of hydrogen-bond donors (Lipinski definition) is 1. The Morgan fingerprint density at radius 2 is 2.00 bits per heavy atom. The van der Waals surface area contributed by atoms with Crippen molar-refractivity contribution < 1.29 is 19.5 Å². The van der Waals surface area contributed by atoms with Gasteiger partial charge in [0.2, 0.25) is 0 Å². The molecule has 0 aromatic heterocycles. The van der Waals surface area contributed by atoms with Gasteiger partial charge < -0.3 is 14.7 Å². The molecular weight excluding hydrogens is 434 g/mol. The van der Waals surface area contributed by atoms with E-state index < -0.39 is 0 Å². The molecule has 1 saturated carbocycles. The van der Waals surface area contributed by atoms with Crippen LogP contribution in [0.25, 0.3) is 0 Å². The van der Waals surface area contributed by atoms with E-state index in [0.29, 0.717) is 43.1 Å². The fourth-order valence-corrected chi connectivity index (χ4v) is 6.45. The second-order valence-corrected chi connectivity index (χ2v) is 11.1. The largest absolute Gasteiger partial charge is 0.511 e. The third-order valence-corrected chi connectivity index (χ3v) is 8.30. The van der Waals surface area contributed by atoms with Gasteiger partial charge in [0, 0.05) is 18.2 Å². The first-order valence-electron chi connectivity index (χ1n) is 12.0. The highest BCUT2D eigenvalue weighted by Crippen LogP contribution is 2.38. The normalized spacial score (nSPS) is 31.6. The van der Waals surface area contributed by atoms with Crippen LogP contribution in [0, 0.1) is 11.8 Å². The number of thioether (sulfide) groups is 1. The number of carbonyl (C=O) groups excluding carboxylic acids is 1. The number of allylic oxidation sites excluding steroid dienone is 2.